The standard InChI is InChI=1S/C19H25N3O3/c1-3-8-20-18(23)14-21-9-5-10-22(12-11-21)19(24)17-7-4-6-16(13-17)15-25-2/h1,4,6-7,13H,5,8-12,14-15H2,2H3,(H,20,23). The summed E-state index contributed by atoms with van der Waals surface area (Å²) in [6, 6.07) is 7.53. The fourth-order valence-corrected chi connectivity index (χ4v) is 2.88. The van der Waals surface area contributed by atoms with Crippen LogP contribution in [0.2, 0.25) is 0 Å². The molecule has 6 heteroatoms. The Labute approximate surface area is 149 Å². The van der Waals surface area contributed by atoms with Crippen LogP contribution in [0.3, 0.4) is 0 Å². The molecule has 1 heterocycles. The first-order valence-electron chi connectivity index (χ1n) is 8.43. The molecule has 0 aliphatic carbocycles. The van der Waals surface area contributed by atoms with Gasteiger partial charge in [0.05, 0.1) is 19.7 Å². The first-order chi connectivity index (χ1) is 12.1. The third-order valence-corrected chi connectivity index (χ3v) is 4.12. The van der Waals surface area contributed by atoms with Gasteiger partial charge < -0.3 is 15.0 Å². The maximum Gasteiger partial charge on any atom is 0.253 e. The number of nitrogens with zero attached hydrogens (tertiary/aromatic N) is 2. The fourth-order valence-electron chi connectivity index (χ4n) is 2.88. The second-order valence-electron chi connectivity index (χ2n) is 6.04. The van der Waals surface area contributed by atoms with E-state index in [4.69, 9.17) is 11.2 Å². The lowest BCUT2D eigenvalue weighted by molar-refractivity contribution is -0.121. The largest absolute Gasteiger partial charge is 0.380 e. The number of amides is 2. The van der Waals surface area contributed by atoms with Crippen LogP contribution in [-0.2, 0) is 16.1 Å². The summed E-state index contributed by atoms with van der Waals surface area (Å²) in [7, 11) is 1.64. The van der Waals surface area contributed by atoms with Crippen LogP contribution in [0, 0.1) is 12.3 Å². The predicted octanol–water partition coefficient (Wildman–Crippen LogP) is 0.730. The van der Waals surface area contributed by atoms with Crippen LogP contribution >= 0.6 is 0 Å². The van der Waals surface area contributed by atoms with Gasteiger partial charge in [-0.25, -0.2) is 0 Å². The SMILES string of the molecule is C#CCNC(=O)CN1CCCN(C(=O)c2cccc(COC)c2)CC1. The topological polar surface area (TPSA) is 61.9 Å². The number of ether oxygens (including phenoxy) is 1. The zero-order chi connectivity index (χ0) is 18.1. The van der Waals surface area contributed by atoms with Crippen LogP contribution in [0.15, 0.2) is 24.3 Å². The van der Waals surface area contributed by atoms with Gasteiger partial charge in [-0.05, 0) is 24.1 Å². The quantitative estimate of drug-likeness (QED) is 0.774. The number of methoxy groups -OCH3 is 1. The van der Waals surface area contributed by atoms with Gasteiger partial charge in [-0.2, -0.15) is 0 Å². The molecule has 0 saturated carbocycles. The Hall–Kier alpha value is -2.36. The monoisotopic (exact) mass is 343 g/mol. The van der Waals surface area contributed by atoms with Crippen molar-refractivity contribution in [1.29, 1.82) is 0 Å². The van der Waals surface area contributed by atoms with Crippen LogP contribution < -0.4 is 5.32 Å². The van der Waals surface area contributed by atoms with Gasteiger partial charge in [-0.3, -0.25) is 14.5 Å². The molecule has 2 rings (SSSR count). The third-order valence-electron chi connectivity index (χ3n) is 4.12. The normalized spacial score (nSPS) is 15.3. The average molecular weight is 343 g/mol. The number of hydrogen-bond acceptors (Lipinski definition) is 4. The zero-order valence-corrected chi connectivity index (χ0v) is 14.7. The van der Waals surface area contributed by atoms with Gasteiger partial charge in [-0.15, -0.1) is 6.42 Å². The molecular formula is C19H25N3O3. The zero-order valence-electron chi connectivity index (χ0n) is 14.7. The van der Waals surface area contributed by atoms with E-state index in [1.54, 1.807) is 7.11 Å². The van der Waals surface area contributed by atoms with Crippen LogP contribution in [-0.4, -0.2) is 68.0 Å². The van der Waals surface area contributed by atoms with Crippen molar-refractivity contribution < 1.29 is 14.3 Å². The highest BCUT2D eigenvalue weighted by Crippen LogP contribution is 2.12. The van der Waals surface area contributed by atoms with E-state index in [0.717, 1.165) is 18.5 Å². The van der Waals surface area contributed by atoms with Crippen molar-refractivity contribution in [2.75, 3.05) is 46.4 Å². The number of hydrogen-bond donors (Lipinski definition) is 1. The highest BCUT2D eigenvalue weighted by Gasteiger charge is 2.21. The number of carbonyl (C=O) groups excluding carboxylic acids is 2. The van der Waals surface area contributed by atoms with Gasteiger partial charge in [-0.1, -0.05) is 18.1 Å². The van der Waals surface area contributed by atoms with Crippen molar-refractivity contribution in [2.24, 2.45) is 0 Å². The van der Waals surface area contributed by atoms with E-state index in [0.29, 0.717) is 38.3 Å². The molecule has 1 aromatic rings. The van der Waals surface area contributed by atoms with Crippen LogP contribution in [0.1, 0.15) is 22.3 Å². The van der Waals surface area contributed by atoms with E-state index < -0.39 is 0 Å². The third kappa shape index (κ3) is 5.89. The first kappa shape index (κ1) is 19.0. The van der Waals surface area contributed by atoms with E-state index >= 15 is 0 Å². The molecule has 134 valence electrons. The maximum absolute atomic E-state index is 12.7. The second kappa shape index (κ2) is 9.82. The Bertz CT molecular complexity index is 639. The molecule has 6 nitrogen and oxygen atoms in total. The Morgan fingerprint density at radius 3 is 2.88 bits per heavy atom. The minimum atomic E-state index is -0.0787. The summed E-state index contributed by atoms with van der Waals surface area (Å²) in [5, 5.41) is 2.67. The van der Waals surface area contributed by atoms with E-state index in [1.165, 1.54) is 0 Å². The van der Waals surface area contributed by atoms with Gasteiger partial charge in [0.1, 0.15) is 0 Å². The molecule has 0 spiro atoms. The fraction of sp³-hybridized carbons (Fsp3) is 0.474. The van der Waals surface area contributed by atoms with Crippen molar-refractivity contribution in [3.63, 3.8) is 0 Å². The number of carbonyl (C=O) groups is 2. The summed E-state index contributed by atoms with van der Waals surface area (Å²) < 4.78 is 5.13. The Kier molecular flexibility index (Phi) is 7.45. The Balaban J connectivity index is 1.91. The lowest BCUT2D eigenvalue weighted by atomic mass is 10.1. The van der Waals surface area contributed by atoms with Gasteiger partial charge >= 0.3 is 0 Å². The number of rotatable bonds is 6. The van der Waals surface area contributed by atoms with Gasteiger partial charge in [0, 0.05) is 38.9 Å². The van der Waals surface area contributed by atoms with E-state index in [1.807, 2.05) is 29.2 Å². The molecule has 0 atom stereocenters. The minimum Gasteiger partial charge on any atom is -0.380 e. The van der Waals surface area contributed by atoms with Crippen LogP contribution in [0.25, 0.3) is 0 Å². The summed E-state index contributed by atoms with van der Waals surface area (Å²) in [5.41, 5.74) is 1.66. The molecule has 1 saturated heterocycles. The molecular weight excluding hydrogens is 318 g/mol. The Morgan fingerprint density at radius 1 is 1.28 bits per heavy atom. The molecule has 0 bridgehead atoms. The molecule has 1 fully saturated rings. The molecule has 2 amide bonds. The molecule has 0 aromatic heterocycles. The van der Waals surface area contributed by atoms with Gasteiger partial charge in [0.2, 0.25) is 5.91 Å². The highest BCUT2D eigenvalue weighted by atomic mass is 16.5. The Morgan fingerprint density at radius 2 is 2.12 bits per heavy atom. The molecule has 25 heavy (non-hydrogen) atoms. The highest BCUT2D eigenvalue weighted by molar-refractivity contribution is 5.94. The number of terminal acetylenes is 1. The van der Waals surface area contributed by atoms with Gasteiger partial charge in [0.25, 0.3) is 5.91 Å². The summed E-state index contributed by atoms with van der Waals surface area (Å²) in [6.45, 7) is 3.80. The van der Waals surface area contributed by atoms with Crippen molar-refractivity contribution in [1.82, 2.24) is 15.1 Å². The van der Waals surface area contributed by atoms with Crippen molar-refractivity contribution in [3.8, 4) is 12.3 Å². The van der Waals surface area contributed by atoms with E-state index in [2.05, 4.69) is 16.1 Å². The molecule has 0 unspecified atom stereocenters. The molecule has 1 N–H and O–H groups in total. The molecule has 1 aliphatic heterocycles. The molecule has 1 aliphatic rings. The van der Waals surface area contributed by atoms with E-state index in [9.17, 15) is 9.59 Å². The first-order valence-corrected chi connectivity index (χ1v) is 8.43. The summed E-state index contributed by atoms with van der Waals surface area (Å²) in [5.74, 6) is 2.34. The summed E-state index contributed by atoms with van der Waals surface area (Å²) in [4.78, 5) is 28.4. The second-order valence-corrected chi connectivity index (χ2v) is 6.04. The van der Waals surface area contributed by atoms with Gasteiger partial charge in [0.15, 0.2) is 0 Å². The smallest absolute Gasteiger partial charge is 0.253 e. The van der Waals surface area contributed by atoms with Crippen LogP contribution in [0.4, 0.5) is 0 Å². The lowest BCUT2D eigenvalue weighted by Gasteiger charge is -2.22. The van der Waals surface area contributed by atoms with Crippen molar-refractivity contribution in [3.05, 3.63) is 35.4 Å². The van der Waals surface area contributed by atoms with Crippen LogP contribution in [0.5, 0.6) is 0 Å². The van der Waals surface area contributed by atoms with Crippen molar-refractivity contribution >= 4 is 11.8 Å². The summed E-state index contributed by atoms with van der Waals surface area (Å²) >= 11 is 0. The van der Waals surface area contributed by atoms with Crippen molar-refractivity contribution in [2.45, 2.75) is 13.0 Å². The predicted molar refractivity (Wildman–Crippen MR) is 96.0 cm³/mol. The maximum atomic E-state index is 12.7. The average Bonchev–Trinajstić information content (AvgIpc) is 2.85. The summed E-state index contributed by atoms with van der Waals surface area (Å²) in [6.07, 6.45) is 5.98. The molecule has 0 radical (unpaired) electrons. The number of nitrogens with one attached hydrogen (secondary N) is 1. The van der Waals surface area contributed by atoms with E-state index in [-0.39, 0.29) is 18.4 Å². The molecule has 1 aromatic carbocycles. The minimum absolute atomic E-state index is 0.0246. The lowest BCUT2D eigenvalue weighted by Crippen LogP contribution is -2.40. The number of benzene rings is 1.